The molecule has 0 amide bonds. The number of carbonyl (C=O) groups excluding carboxylic acids is 3. The molecule has 0 aliphatic carbocycles. The van der Waals surface area contributed by atoms with Gasteiger partial charge in [-0.15, -0.1) is 0 Å². The van der Waals surface area contributed by atoms with E-state index >= 15 is 0 Å². The average Bonchev–Trinajstić information content (AvgIpc) is 2.84. The molecule has 0 bridgehead atoms. The molecule has 0 saturated carbocycles. The molecule has 0 spiro atoms. The molecule has 0 fully saturated rings. The van der Waals surface area contributed by atoms with Crippen molar-refractivity contribution in [1.29, 1.82) is 0 Å². The van der Waals surface area contributed by atoms with Gasteiger partial charge in [-0.3, -0.25) is 14.4 Å². The van der Waals surface area contributed by atoms with Gasteiger partial charge in [0.2, 0.25) is 0 Å². The lowest BCUT2D eigenvalue weighted by molar-refractivity contribution is -0.167. The lowest BCUT2D eigenvalue weighted by Crippen LogP contribution is -2.30. The Bertz CT molecular complexity index is 572. The first-order valence-electron chi connectivity index (χ1n) is 15.2. The molecule has 0 saturated heterocycles. The lowest BCUT2D eigenvalue weighted by Gasteiger charge is -2.18. The number of hydrogen-bond donors (Lipinski definition) is 0. The maximum absolute atomic E-state index is 12.4. The van der Waals surface area contributed by atoms with E-state index in [1.54, 1.807) is 0 Å². The number of hydrogen-bond acceptors (Lipinski definition) is 6. The number of carbonyl (C=O) groups is 3. The Balaban J connectivity index is 4.40. The summed E-state index contributed by atoms with van der Waals surface area (Å²) in [5.41, 5.74) is 0. The maximum Gasteiger partial charge on any atom is 0.306 e. The zero-order valence-electron chi connectivity index (χ0n) is 24.8. The highest BCUT2D eigenvalue weighted by molar-refractivity contribution is 5.71. The molecule has 0 aliphatic heterocycles. The van der Waals surface area contributed by atoms with Crippen LogP contribution >= 0.6 is 0 Å². The maximum atomic E-state index is 12.4. The molecule has 6 nitrogen and oxygen atoms in total. The normalized spacial score (nSPS) is 12.1. The van der Waals surface area contributed by atoms with Crippen molar-refractivity contribution < 1.29 is 28.6 Å². The van der Waals surface area contributed by atoms with E-state index in [9.17, 15) is 14.4 Å². The van der Waals surface area contributed by atoms with Crippen molar-refractivity contribution in [3.63, 3.8) is 0 Å². The van der Waals surface area contributed by atoms with Gasteiger partial charge in [-0.05, 0) is 31.1 Å². The molecule has 0 aromatic heterocycles. The van der Waals surface area contributed by atoms with Crippen molar-refractivity contribution in [3.05, 3.63) is 0 Å². The van der Waals surface area contributed by atoms with Crippen molar-refractivity contribution in [3.8, 4) is 0 Å². The van der Waals surface area contributed by atoms with Gasteiger partial charge in [-0.25, -0.2) is 0 Å². The first-order valence-corrected chi connectivity index (χ1v) is 15.2. The molecular formula is C31H58O6. The molecule has 1 atom stereocenters. The Labute approximate surface area is 228 Å². The van der Waals surface area contributed by atoms with Crippen LogP contribution in [0.25, 0.3) is 0 Å². The van der Waals surface area contributed by atoms with Crippen molar-refractivity contribution in [1.82, 2.24) is 0 Å². The summed E-state index contributed by atoms with van der Waals surface area (Å²) in [5.74, 6) is 0.416. The van der Waals surface area contributed by atoms with E-state index in [0.717, 1.165) is 70.6 Å². The van der Waals surface area contributed by atoms with Crippen LogP contribution in [0.1, 0.15) is 150 Å². The van der Waals surface area contributed by atoms with Crippen LogP contribution in [0.3, 0.4) is 0 Å². The summed E-state index contributed by atoms with van der Waals surface area (Å²) in [5, 5.41) is 0. The van der Waals surface area contributed by atoms with Crippen LogP contribution in [0, 0.1) is 11.8 Å². The third-order valence-corrected chi connectivity index (χ3v) is 6.47. The van der Waals surface area contributed by atoms with Crippen molar-refractivity contribution in [2.24, 2.45) is 11.8 Å². The molecule has 0 aromatic rings. The van der Waals surface area contributed by atoms with E-state index in [1.165, 1.54) is 25.7 Å². The number of esters is 3. The molecule has 6 heteroatoms. The smallest absolute Gasteiger partial charge is 0.306 e. The van der Waals surface area contributed by atoms with Gasteiger partial charge >= 0.3 is 17.9 Å². The van der Waals surface area contributed by atoms with Gasteiger partial charge in [0.25, 0.3) is 0 Å². The van der Waals surface area contributed by atoms with Crippen molar-refractivity contribution in [2.45, 2.75) is 156 Å². The van der Waals surface area contributed by atoms with Gasteiger partial charge in [-0.2, -0.15) is 0 Å². The van der Waals surface area contributed by atoms with Gasteiger partial charge in [0.15, 0.2) is 6.10 Å². The van der Waals surface area contributed by atoms with E-state index in [-0.39, 0.29) is 31.1 Å². The van der Waals surface area contributed by atoms with E-state index in [1.807, 2.05) is 0 Å². The summed E-state index contributed by atoms with van der Waals surface area (Å²) >= 11 is 0. The van der Waals surface area contributed by atoms with Crippen LogP contribution in [-0.2, 0) is 28.6 Å². The van der Waals surface area contributed by atoms with Gasteiger partial charge in [-0.1, -0.05) is 112 Å². The van der Waals surface area contributed by atoms with Gasteiger partial charge in [0, 0.05) is 19.3 Å². The summed E-state index contributed by atoms with van der Waals surface area (Å²) in [6.07, 6.45) is 16.3. The zero-order valence-corrected chi connectivity index (χ0v) is 24.8. The second-order valence-corrected chi connectivity index (χ2v) is 11.3. The van der Waals surface area contributed by atoms with E-state index < -0.39 is 6.10 Å². The molecule has 218 valence electrons. The first kappa shape index (κ1) is 35.4. The van der Waals surface area contributed by atoms with Crippen LogP contribution in [0.15, 0.2) is 0 Å². The molecular weight excluding hydrogens is 468 g/mol. The Morgan fingerprint density at radius 1 is 0.514 bits per heavy atom. The Morgan fingerprint density at radius 2 is 0.892 bits per heavy atom. The zero-order chi connectivity index (χ0) is 27.7. The van der Waals surface area contributed by atoms with Crippen LogP contribution in [0.4, 0.5) is 0 Å². The second-order valence-electron chi connectivity index (χ2n) is 11.3. The molecule has 0 rings (SSSR count). The third kappa shape index (κ3) is 25.8. The Kier molecular flexibility index (Phi) is 23.7. The van der Waals surface area contributed by atoms with Gasteiger partial charge in [0.1, 0.15) is 13.2 Å². The van der Waals surface area contributed by atoms with E-state index in [0.29, 0.717) is 31.1 Å². The summed E-state index contributed by atoms with van der Waals surface area (Å²) in [4.78, 5) is 36.7. The van der Waals surface area contributed by atoms with Crippen LogP contribution < -0.4 is 0 Å². The standard InChI is InChI=1S/C31H58O6/c1-6-7-8-9-10-11-16-21-29(32)35-24-28(37-31(34)23-18-13-15-20-27(4)5)25-36-30(33)22-17-12-14-19-26(2)3/h26-28H,6-25H2,1-5H3. The monoisotopic (exact) mass is 526 g/mol. The number of rotatable bonds is 25. The fourth-order valence-corrected chi connectivity index (χ4v) is 4.10. The SMILES string of the molecule is CCCCCCCCCC(=O)OCC(COC(=O)CCCCCC(C)C)OC(=O)CCCCCC(C)C. The molecule has 0 heterocycles. The topological polar surface area (TPSA) is 78.9 Å². The van der Waals surface area contributed by atoms with Gasteiger partial charge in [0.05, 0.1) is 0 Å². The Hall–Kier alpha value is -1.59. The largest absolute Gasteiger partial charge is 0.462 e. The van der Waals surface area contributed by atoms with Crippen molar-refractivity contribution in [2.75, 3.05) is 13.2 Å². The first-order chi connectivity index (χ1) is 17.7. The highest BCUT2D eigenvalue weighted by Gasteiger charge is 2.19. The summed E-state index contributed by atoms with van der Waals surface area (Å²) in [6, 6.07) is 0. The molecule has 0 radical (unpaired) electrons. The molecule has 1 unspecified atom stereocenters. The number of unbranched alkanes of at least 4 members (excludes halogenated alkanes) is 10. The summed E-state index contributed by atoms with van der Waals surface area (Å²) in [6.45, 7) is 10.8. The average molecular weight is 527 g/mol. The lowest BCUT2D eigenvalue weighted by atomic mass is 10.0. The molecule has 0 N–H and O–H groups in total. The molecule has 0 aromatic carbocycles. The predicted molar refractivity (Wildman–Crippen MR) is 150 cm³/mol. The third-order valence-electron chi connectivity index (χ3n) is 6.47. The summed E-state index contributed by atoms with van der Waals surface area (Å²) < 4.78 is 16.3. The Morgan fingerprint density at radius 3 is 1.32 bits per heavy atom. The highest BCUT2D eigenvalue weighted by atomic mass is 16.6. The van der Waals surface area contributed by atoms with Crippen LogP contribution in [-0.4, -0.2) is 37.2 Å². The van der Waals surface area contributed by atoms with Crippen LogP contribution in [0.5, 0.6) is 0 Å². The molecule has 37 heavy (non-hydrogen) atoms. The minimum atomic E-state index is -0.758. The fraction of sp³-hybridized carbons (Fsp3) is 0.903. The van der Waals surface area contributed by atoms with Gasteiger partial charge < -0.3 is 14.2 Å². The second kappa shape index (κ2) is 24.7. The minimum Gasteiger partial charge on any atom is -0.462 e. The van der Waals surface area contributed by atoms with E-state index in [4.69, 9.17) is 14.2 Å². The van der Waals surface area contributed by atoms with E-state index in [2.05, 4.69) is 34.6 Å². The predicted octanol–water partition coefficient (Wildman–Crippen LogP) is 8.34. The quantitative estimate of drug-likeness (QED) is 0.0676. The van der Waals surface area contributed by atoms with Crippen LogP contribution in [0.2, 0.25) is 0 Å². The molecule has 0 aliphatic rings. The summed E-state index contributed by atoms with van der Waals surface area (Å²) in [7, 11) is 0. The number of ether oxygens (including phenoxy) is 3. The van der Waals surface area contributed by atoms with Crippen molar-refractivity contribution >= 4 is 17.9 Å². The highest BCUT2D eigenvalue weighted by Crippen LogP contribution is 2.13. The minimum absolute atomic E-state index is 0.0733. The fourth-order valence-electron chi connectivity index (χ4n) is 4.10.